The molecule has 2 aromatic carbocycles. The number of benzene rings is 2. The van der Waals surface area contributed by atoms with Gasteiger partial charge in [0.1, 0.15) is 0 Å². The molecule has 0 saturated carbocycles. The van der Waals surface area contributed by atoms with Crippen LogP contribution in [0, 0.1) is 0 Å². The fourth-order valence-corrected chi connectivity index (χ4v) is 4.69. The molecule has 30 heavy (non-hydrogen) atoms. The first-order valence-electron chi connectivity index (χ1n) is 9.95. The van der Waals surface area contributed by atoms with Gasteiger partial charge in [-0.25, -0.2) is 13.2 Å². The normalized spacial score (nSPS) is 14.7. The number of anilines is 2. The van der Waals surface area contributed by atoms with Gasteiger partial charge in [0.2, 0.25) is 15.9 Å². The maximum Gasteiger partial charge on any atom is 0.319 e. The van der Waals surface area contributed by atoms with E-state index in [0.717, 1.165) is 19.3 Å². The highest BCUT2D eigenvalue weighted by Gasteiger charge is 2.25. The third-order valence-electron chi connectivity index (χ3n) is 4.76. The minimum Gasteiger partial charge on any atom is -0.337 e. The zero-order valence-corrected chi connectivity index (χ0v) is 17.5. The number of para-hydroxylation sites is 1. The molecule has 1 saturated heterocycles. The van der Waals surface area contributed by atoms with Crippen molar-refractivity contribution in [3.63, 3.8) is 0 Å². The second-order valence-electron chi connectivity index (χ2n) is 7.03. The van der Waals surface area contributed by atoms with Crippen LogP contribution in [0.2, 0.25) is 0 Å². The Kier molecular flexibility index (Phi) is 7.42. The maximum atomic E-state index is 12.6. The van der Waals surface area contributed by atoms with Crippen LogP contribution >= 0.6 is 0 Å². The molecule has 9 heteroatoms. The van der Waals surface area contributed by atoms with Gasteiger partial charge < -0.3 is 16.0 Å². The lowest BCUT2D eigenvalue weighted by Crippen LogP contribution is -2.35. The van der Waals surface area contributed by atoms with Crippen LogP contribution in [0.4, 0.5) is 16.2 Å². The van der Waals surface area contributed by atoms with Crippen LogP contribution in [0.25, 0.3) is 0 Å². The Morgan fingerprint density at radius 3 is 2.13 bits per heavy atom. The summed E-state index contributed by atoms with van der Waals surface area (Å²) in [5, 5.41) is 7.99. The maximum absolute atomic E-state index is 12.6. The van der Waals surface area contributed by atoms with Crippen LogP contribution in [0.1, 0.15) is 25.7 Å². The van der Waals surface area contributed by atoms with Crippen molar-refractivity contribution in [1.29, 1.82) is 0 Å². The minimum atomic E-state index is -3.49. The molecular formula is C21H26N4O4S. The molecule has 1 fully saturated rings. The summed E-state index contributed by atoms with van der Waals surface area (Å²) in [5.41, 5.74) is 1.17. The van der Waals surface area contributed by atoms with Gasteiger partial charge in [-0.1, -0.05) is 24.6 Å². The van der Waals surface area contributed by atoms with Crippen molar-refractivity contribution < 1.29 is 18.0 Å². The number of nitrogens with one attached hydrogen (secondary N) is 3. The van der Waals surface area contributed by atoms with E-state index in [9.17, 15) is 18.0 Å². The Hall–Kier alpha value is -2.91. The summed E-state index contributed by atoms with van der Waals surface area (Å²) in [5.74, 6) is -0.276. The number of nitrogens with zero attached hydrogens (tertiary/aromatic N) is 1. The van der Waals surface area contributed by atoms with Gasteiger partial charge in [0.25, 0.3) is 0 Å². The largest absolute Gasteiger partial charge is 0.337 e. The van der Waals surface area contributed by atoms with Gasteiger partial charge in [-0.15, -0.1) is 0 Å². The summed E-state index contributed by atoms with van der Waals surface area (Å²) < 4.78 is 26.8. The number of urea groups is 1. The second-order valence-corrected chi connectivity index (χ2v) is 8.97. The molecule has 160 valence electrons. The highest BCUT2D eigenvalue weighted by molar-refractivity contribution is 7.89. The molecule has 2 aromatic rings. The third kappa shape index (κ3) is 6.04. The van der Waals surface area contributed by atoms with Gasteiger partial charge in [0.05, 0.1) is 4.90 Å². The number of carbonyl (C=O) groups is 2. The molecule has 1 heterocycles. The lowest BCUT2D eigenvalue weighted by atomic mass is 10.2. The van der Waals surface area contributed by atoms with Crippen molar-refractivity contribution in [1.82, 2.24) is 9.62 Å². The van der Waals surface area contributed by atoms with E-state index in [1.54, 1.807) is 24.3 Å². The van der Waals surface area contributed by atoms with Crippen LogP contribution in [0.3, 0.4) is 0 Å². The molecule has 1 aliphatic rings. The molecule has 0 radical (unpaired) electrons. The molecule has 3 amide bonds. The van der Waals surface area contributed by atoms with Crippen LogP contribution in [0.5, 0.6) is 0 Å². The Labute approximate surface area is 176 Å². The molecule has 3 N–H and O–H groups in total. The Balaban J connectivity index is 1.44. The van der Waals surface area contributed by atoms with Gasteiger partial charge in [0, 0.05) is 37.4 Å². The van der Waals surface area contributed by atoms with E-state index in [4.69, 9.17) is 0 Å². The predicted octanol–water partition coefficient (Wildman–Crippen LogP) is 3.01. The summed E-state index contributed by atoms with van der Waals surface area (Å²) >= 11 is 0. The summed E-state index contributed by atoms with van der Waals surface area (Å²) in [7, 11) is -3.49. The van der Waals surface area contributed by atoms with E-state index in [0.29, 0.717) is 24.5 Å². The number of rotatable bonds is 7. The van der Waals surface area contributed by atoms with Crippen LogP contribution < -0.4 is 16.0 Å². The molecule has 0 atom stereocenters. The molecule has 8 nitrogen and oxygen atoms in total. The molecule has 0 aromatic heterocycles. The molecule has 3 rings (SSSR count). The van der Waals surface area contributed by atoms with Crippen LogP contribution in [-0.4, -0.2) is 44.3 Å². The van der Waals surface area contributed by atoms with Crippen molar-refractivity contribution in [2.24, 2.45) is 0 Å². The van der Waals surface area contributed by atoms with E-state index < -0.39 is 10.0 Å². The first-order valence-corrected chi connectivity index (χ1v) is 11.4. The minimum absolute atomic E-state index is 0.0933. The Morgan fingerprint density at radius 2 is 1.47 bits per heavy atom. The molecule has 0 unspecified atom stereocenters. The molecule has 0 spiro atoms. The topological polar surface area (TPSA) is 108 Å². The van der Waals surface area contributed by atoms with Crippen molar-refractivity contribution >= 4 is 33.3 Å². The van der Waals surface area contributed by atoms with Gasteiger partial charge in [0.15, 0.2) is 0 Å². The SMILES string of the molecule is O=C(CCNC(=O)Nc1ccccc1)Nc1ccc(S(=O)(=O)N2CCCCC2)cc1. The zero-order valence-electron chi connectivity index (χ0n) is 16.6. The number of carbonyl (C=O) groups excluding carboxylic acids is 2. The summed E-state index contributed by atoms with van der Waals surface area (Å²) in [4.78, 5) is 24.1. The Bertz CT molecular complexity index is 956. The van der Waals surface area contributed by atoms with Crippen molar-refractivity contribution in [2.75, 3.05) is 30.3 Å². The van der Waals surface area contributed by atoms with E-state index >= 15 is 0 Å². The lowest BCUT2D eigenvalue weighted by molar-refractivity contribution is -0.116. The zero-order chi connectivity index (χ0) is 21.4. The van der Waals surface area contributed by atoms with Crippen LogP contribution in [0.15, 0.2) is 59.5 Å². The van der Waals surface area contributed by atoms with Crippen molar-refractivity contribution in [3.8, 4) is 0 Å². The quantitative estimate of drug-likeness (QED) is 0.627. The highest BCUT2D eigenvalue weighted by atomic mass is 32.2. The standard InChI is InChI=1S/C21H26N4O4S/c26-20(13-14-22-21(27)24-17-7-3-1-4-8-17)23-18-9-11-19(12-10-18)30(28,29)25-15-5-2-6-16-25/h1,3-4,7-12H,2,5-6,13-16H2,(H,23,26)(H2,22,24,27). The monoisotopic (exact) mass is 430 g/mol. The highest BCUT2D eigenvalue weighted by Crippen LogP contribution is 2.22. The summed E-state index contributed by atoms with van der Waals surface area (Å²) in [6, 6.07) is 14.8. The number of hydrogen-bond acceptors (Lipinski definition) is 4. The van der Waals surface area contributed by atoms with Gasteiger partial charge in [-0.05, 0) is 49.2 Å². The lowest BCUT2D eigenvalue weighted by Gasteiger charge is -2.25. The van der Waals surface area contributed by atoms with E-state index in [-0.39, 0.29) is 29.8 Å². The summed E-state index contributed by atoms with van der Waals surface area (Å²) in [6.45, 7) is 1.27. The molecule has 0 bridgehead atoms. The summed E-state index contributed by atoms with van der Waals surface area (Å²) in [6.07, 6.45) is 2.91. The fraction of sp³-hybridized carbons (Fsp3) is 0.333. The number of piperidine rings is 1. The van der Waals surface area contributed by atoms with Crippen LogP contribution in [-0.2, 0) is 14.8 Å². The average Bonchev–Trinajstić information content (AvgIpc) is 2.75. The average molecular weight is 431 g/mol. The second kappa shape index (κ2) is 10.2. The molecule has 1 aliphatic heterocycles. The first-order chi connectivity index (χ1) is 14.4. The van der Waals surface area contributed by atoms with Crippen molar-refractivity contribution in [2.45, 2.75) is 30.6 Å². The smallest absolute Gasteiger partial charge is 0.319 e. The van der Waals surface area contributed by atoms with Gasteiger partial charge in [-0.2, -0.15) is 4.31 Å². The number of amides is 3. The van der Waals surface area contributed by atoms with Gasteiger partial charge in [-0.3, -0.25) is 4.79 Å². The van der Waals surface area contributed by atoms with E-state index in [1.807, 2.05) is 18.2 Å². The fourth-order valence-electron chi connectivity index (χ4n) is 3.17. The van der Waals surface area contributed by atoms with Gasteiger partial charge >= 0.3 is 6.03 Å². The third-order valence-corrected chi connectivity index (χ3v) is 6.67. The predicted molar refractivity (Wildman–Crippen MR) is 116 cm³/mol. The molecular weight excluding hydrogens is 404 g/mol. The van der Waals surface area contributed by atoms with Crippen molar-refractivity contribution in [3.05, 3.63) is 54.6 Å². The number of hydrogen-bond donors (Lipinski definition) is 3. The number of sulfonamides is 1. The molecule has 0 aliphatic carbocycles. The first kappa shape index (κ1) is 21.8. The van der Waals surface area contributed by atoms with E-state index in [2.05, 4.69) is 16.0 Å². The Morgan fingerprint density at radius 1 is 0.833 bits per heavy atom. The van der Waals surface area contributed by atoms with E-state index in [1.165, 1.54) is 16.4 Å².